The lowest BCUT2D eigenvalue weighted by Gasteiger charge is -2.31. The predicted octanol–water partition coefficient (Wildman–Crippen LogP) is 0.174. The van der Waals surface area contributed by atoms with Gasteiger partial charge >= 0.3 is 0 Å². The summed E-state index contributed by atoms with van der Waals surface area (Å²) >= 11 is 0. The third kappa shape index (κ3) is 1.29. The summed E-state index contributed by atoms with van der Waals surface area (Å²) in [6, 6.07) is 0. The van der Waals surface area contributed by atoms with Gasteiger partial charge in [0, 0.05) is 13.5 Å². The van der Waals surface area contributed by atoms with Crippen LogP contribution in [0.5, 0.6) is 0 Å². The summed E-state index contributed by atoms with van der Waals surface area (Å²) in [6.45, 7) is 0. The van der Waals surface area contributed by atoms with Gasteiger partial charge in [-0.1, -0.05) is 0 Å². The average molecular weight is 142 g/mol. The molecule has 0 aromatic rings. The number of rotatable bonds is 1. The van der Waals surface area contributed by atoms with Crippen molar-refractivity contribution in [1.82, 2.24) is 10.2 Å². The van der Waals surface area contributed by atoms with Crippen LogP contribution in [0.2, 0.25) is 0 Å². The van der Waals surface area contributed by atoms with Gasteiger partial charge in [-0.3, -0.25) is 4.79 Å². The fraction of sp³-hybridized carbons (Fsp3) is 0.857. The normalized spacial score (nSPS) is 27.2. The minimum Gasteiger partial charge on any atom is -0.330 e. The van der Waals surface area contributed by atoms with Gasteiger partial charge in [0.05, 0.1) is 6.17 Å². The Morgan fingerprint density at radius 1 is 1.70 bits per heavy atom. The minimum atomic E-state index is 0.255. The fourth-order valence-corrected chi connectivity index (χ4v) is 1.33. The van der Waals surface area contributed by atoms with Crippen LogP contribution in [0.1, 0.15) is 19.3 Å². The Morgan fingerprint density at radius 3 is 2.90 bits per heavy atom. The Balaban J connectivity index is 2.51. The van der Waals surface area contributed by atoms with Gasteiger partial charge in [0.1, 0.15) is 0 Å². The summed E-state index contributed by atoms with van der Waals surface area (Å²) in [6.07, 6.45) is 3.09. The molecule has 58 valence electrons. The van der Waals surface area contributed by atoms with Crippen LogP contribution in [0.4, 0.5) is 0 Å². The molecule has 0 aliphatic carbocycles. The Hall–Kier alpha value is -0.570. The van der Waals surface area contributed by atoms with Crippen LogP contribution in [0.3, 0.4) is 0 Å². The minimum absolute atomic E-state index is 0.255. The van der Waals surface area contributed by atoms with E-state index in [1.807, 2.05) is 14.1 Å². The highest BCUT2D eigenvalue weighted by Crippen LogP contribution is 2.13. The molecular formula is C7H14N2O. The van der Waals surface area contributed by atoms with E-state index in [9.17, 15) is 4.79 Å². The molecule has 1 heterocycles. The van der Waals surface area contributed by atoms with E-state index in [4.69, 9.17) is 0 Å². The van der Waals surface area contributed by atoms with Crippen LogP contribution in [0.25, 0.3) is 0 Å². The molecule has 0 aromatic carbocycles. The molecule has 1 aliphatic rings. The molecule has 0 radical (unpaired) electrons. The quantitative estimate of drug-likeness (QED) is 0.566. The Bertz CT molecular complexity index is 136. The number of carbonyl (C=O) groups excluding carboxylic acids is 1. The first-order valence-electron chi connectivity index (χ1n) is 3.68. The maximum absolute atomic E-state index is 11.0. The number of likely N-dealkylation sites (tertiary alicyclic amines) is 1. The van der Waals surface area contributed by atoms with Gasteiger partial charge in [0.25, 0.3) is 0 Å². The van der Waals surface area contributed by atoms with Crippen molar-refractivity contribution in [2.24, 2.45) is 0 Å². The largest absolute Gasteiger partial charge is 0.330 e. The molecule has 1 N–H and O–H groups in total. The molecule has 3 nitrogen and oxygen atoms in total. The molecule has 1 aliphatic heterocycles. The van der Waals surface area contributed by atoms with Crippen LogP contribution >= 0.6 is 0 Å². The number of hydrogen-bond donors (Lipinski definition) is 1. The number of hydrogen-bond acceptors (Lipinski definition) is 2. The molecule has 0 bridgehead atoms. The van der Waals surface area contributed by atoms with Crippen molar-refractivity contribution in [3.05, 3.63) is 0 Å². The zero-order chi connectivity index (χ0) is 7.56. The maximum atomic E-state index is 11.0. The van der Waals surface area contributed by atoms with Gasteiger partial charge in [-0.15, -0.1) is 0 Å². The van der Waals surface area contributed by atoms with Crippen molar-refractivity contribution in [2.45, 2.75) is 25.4 Å². The summed E-state index contributed by atoms with van der Waals surface area (Å²) in [5.74, 6) is 0.255. The van der Waals surface area contributed by atoms with E-state index in [1.54, 1.807) is 4.90 Å². The molecule has 1 atom stereocenters. The Labute approximate surface area is 61.4 Å². The molecule has 1 rings (SSSR count). The summed E-state index contributed by atoms with van der Waals surface area (Å²) in [7, 11) is 3.74. The van der Waals surface area contributed by atoms with E-state index in [0.717, 1.165) is 12.8 Å². The molecule has 3 heteroatoms. The lowest BCUT2D eigenvalue weighted by atomic mass is 10.1. The number of nitrogens with one attached hydrogen (secondary N) is 1. The highest BCUT2D eigenvalue weighted by Gasteiger charge is 2.22. The molecular weight excluding hydrogens is 128 g/mol. The molecule has 1 amide bonds. The van der Waals surface area contributed by atoms with Crippen LogP contribution < -0.4 is 5.32 Å². The van der Waals surface area contributed by atoms with E-state index >= 15 is 0 Å². The van der Waals surface area contributed by atoms with Crippen molar-refractivity contribution in [1.29, 1.82) is 0 Å². The predicted molar refractivity (Wildman–Crippen MR) is 39.5 cm³/mol. The van der Waals surface area contributed by atoms with Crippen LogP contribution in [-0.4, -0.2) is 31.1 Å². The van der Waals surface area contributed by atoms with Crippen molar-refractivity contribution >= 4 is 5.91 Å². The highest BCUT2D eigenvalue weighted by atomic mass is 16.2. The van der Waals surface area contributed by atoms with Gasteiger partial charge in [0.15, 0.2) is 0 Å². The second-order valence-corrected chi connectivity index (χ2v) is 2.70. The molecule has 1 saturated heterocycles. The summed E-state index contributed by atoms with van der Waals surface area (Å²) in [5.41, 5.74) is 0. The zero-order valence-electron chi connectivity index (χ0n) is 6.55. The van der Waals surface area contributed by atoms with Crippen LogP contribution in [-0.2, 0) is 4.79 Å². The van der Waals surface area contributed by atoms with Gasteiger partial charge in [0.2, 0.25) is 5.91 Å². The van der Waals surface area contributed by atoms with E-state index in [2.05, 4.69) is 5.32 Å². The number of carbonyl (C=O) groups is 1. The standard InChI is InChI=1S/C7H14N2O/c1-8-6-4-3-5-7(10)9(6)2/h6,8H,3-5H2,1-2H3. The molecule has 1 unspecified atom stereocenters. The number of piperidine rings is 1. The lowest BCUT2D eigenvalue weighted by molar-refractivity contribution is -0.135. The van der Waals surface area contributed by atoms with E-state index in [-0.39, 0.29) is 12.1 Å². The Morgan fingerprint density at radius 2 is 2.40 bits per heavy atom. The first-order chi connectivity index (χ1) is 4.75. The maximum Gasteiger partial charge on any atom is 0.223 e. The third-order valence-electron chi connectivity index (χ3n) is 2.06. The van der Waals surface area contributed by atoms with Gasteiger partial charge in [-0.2, -0.15) is 0 Å². The molecule has 0 aromatic heterocycles. The van der Waals surface area contributed by atoms with Crippen molar-refractivity contribution < 1.29 is 4.79 Å². The molecule has 10 heavy (non-hydrogen) atoms. The summed E-state index contributed by atoms with van der Waals surface area (Å²) in [4.78, 5) is 12.8. The molecule has 0 saturated carbocycles. The topological polar surface area (TPSA) is 32.3 Å². The summed E-state index contributed by atoms with van der Waals surface area (Å²) in [5, 5.41) is 3.09. The molecule has 0 spiro atoms. The smallest absolute Gasteiger partial charge is 0.223 e. The number of amides is 1. The van der Waals surface area contributed by atoms with Crippen molar-refractivity contribution in [3.63, 3.8) is 0 Å². The second kappa shape index (κ2) is 3.01. The van der Waals surface area contributed by atoms with E-state index < -0.39 is 0 Å². The lowest BCUT2D eigenvalue weighted by Crippen LogP contribution is -2.47. The van der Waals surface area contributed by atoms with E-state index in [1.165, 1.54) is 0 Å². The van der Waals surface area contributed by atoms with Crippen LogP contribution in [0.15, 0.2) is 0 Å². The van der Waals surface area contributed by atoms with Crippen LogP contribution in [0, 0.1) is 0 Å². The average Bonchev–Trinajstić information content (AvgIpc) is 1.95. The zero-order valence-corrected chi connectivity index (χ0v) is 6.55. The second-order valence-electron chi connectivity index (χ2n) is 2.70. The number of nitrogens with zero attached hydrogens (tertiary/aromatic N) is 1. The first-order valence-corrected chi connectivity index (χ1v) is 3.68. The SMILES string of the molecule is CNC1CCCC(=O)N1C. The fourth-order valence-electron chi connectivity index (χ4n) is 1.33. The van der Waals surface area contributed by atoms with Gasteiger partial charge < -0.3 is 10.2 Å². The Kier molecular flexibility index (Phi) is 2.27. The molecule has 1 fully saturated rings. The highest BCUT2D eigenvalue weighted by molar-refractivity contribution is 5.76. The third-order valence-corrected chi connectivity index (χ3v) is 2.06. The first kappa shape index (κ1) is 7.54. The van der Waals surface area contributed by atoms with Gasteiger partial charge in [-0.25, -0.2) is 0 Å². The van der Waals surface area contributed by atoms with Crippen molar-refractivity contribution in [2.75, 3.05) is 14.1 Å². The van der Waals surface area contributed by atoms with Crippen molar-refractivity contribution in [3.8, 4) is 0 Å². The summed E-state index contributed by atoms with van der Waals surface area (Å²) < 4.78 is 0. The van der Waals surface area contributed by atoms with E-state index in [0.29, 0.717) is 6.42 Å². The monoisotopic (exact) mass is 142 g/mol. The van der Waals surface area contributed by atoms with Gasteiger partial charge in [-0.05, 0) is 19.9 Å².